The van der Waals surface area contributed by atoms with Gasteiger partial charge in [0.25, 0.3) is 10.0 Å². The molecule has 9 heteroatoms. The Bertz CT molecular complexity index is 1680. The van der Waals surface area contributed by atoms with Crippen molar-refractivity contribution in [1.82, 2.24) is 10.2 Å². The Morgan fingerprint density at radius 3 is 2.14 bits per heavy atom. The molecule has 0 spiro atoms. The van der Waals surface area contributed by atoms with E-state index in [0.717, 1.165) is 26.6 Å². The molecule has 8 nitrogen and oxygen atoms in total. The van der Waals surface area contributed by atoms with Gasteiger partial charge in [0.15, 0.2) is 0 Å². The number of nitrogens with zero attached hydrogens (tertiary/aromatic N) is 2. The van der Waals surface area contributed by atoms with E-state index in [-0.39, 0.29) is 29.5 Å². The summed E-state index contributed by atoms with van der Waals surface area (Å²) in [4.78, 5) is 29.7. The number of ether oxygens (including phenoxy) is 1. The van der Waals surface area contributed by atoms with Crippen LogP contribution in [0.3, 0.4) is 0 Å². The summed E-state index contributed by atoms with van der Waals surface area (Å²) in [6, 6.07) is 29.4. The molecule has 0 fully saturated rings. The fraction of sp³-hybridized carbons (Fsp3) is 0.257. The zero-order valence-electron chi connectivity index (χ0n) is 25.6. The molecule has 1 unspecified atom stereocenters. The molecule has 1 atom stereocenters. The van der Waals surface area contributed by atoms with E-state index >= 15 is 0 Å². The van der Waals surface area contributed by atoms with Crippen LogP contribution in [-0.2, 0) is 32.6 Å². The van der Waals surface area contributed by atoms with Gasteiger partial charge in [0.05, 0.1) is 17.7 Å². The normalized spacial score (nSPS) is 11.8. The smallest absolute Gasteiger partial charge is 0.264 e. The Morgan fingerprint density at radius 2 is 1.50 bits per heavy atom. The van der Waals surface area contributed by atoms with E-state index in [0.29, 0.717) is 12.3 Å². The van der Waals surface area contributed by atoms with Crippen LogP contribution in [0.4, 0.5) is 5.69 Å². The lowest BCUT2D eigenvalue weighted by Gasteiger charge is -2.34. The average Bonchev–Trinajstić information content (AvgIpc) is 3.03. The number of benzene rings is 4. The van der Waals surface area contributed by atoms with E-state index in [1.54, 1.807) is 30.3 Å². The van der Waals surface area contributed by atoms with Crippen LogP contribution in [0.5, 0.6) is 5.75 Å². The molecule has 0 saturated heterocycles. The SMILES string of the molecule is CCNC(=O)C(Cc1ccccc1)N(Cc1ccccc1C)C(=O)CN(c1cc(C)ccc1OC)S(=O)(=O)c1ccccc1. The van der Waals surface area contributed by atoms with Gasteiger partial charge in [-0.25, -0.2) is 8.42 Å². The van der Waals surface area contributed by atoms with Gasteiger partial charge in [-0.15, -0.1) is 0 Å². The van der Waals surface area contributed by atoms with Crippen LogP contribution in [-0.4, -0.2) is 51.4 Å². The lowest BCUT2D eigenvalue weighted by Crippen LogP contribution is -2.53. The second-order valence-electron chi connectivity index (χ2n) is 10.5. The van der Waals surface area contributed by atoms with E-state index in [4.69, 9.17) is 4.74 Å². The maximum absolute atomic E-state index is 14.5. The Hall–Kier alpha value is -4.63. The molecule has 0 bridgehead atoms. The van der Waals surface area contributed by atoms with E-state index < -0.39 is 28.5 Å². The van der Waals surface area contributed by atoms with E-state index in [9.17, 15) is 18.0 Å². The molecule has 230 valence electrons. The van der Waals surface area contributed by atoms with Crippen molar-refractivity contribution >= 4 is 27.5 Å². The minimum absolute atomic E-state index is 0.0337. The summed E-state index contributed by atoms with van der Waals surface area (Å²) < 4.78 is 35.1. The highest BCUT2D eigenvalue weighted by Gasteiger charge is 2.35. The van der Waals surface area contributed by atoms with Gasteiger partial charge in [-0.05, 0) is 67.3 Å². The van der Waals surface area contributed by atoms with Crippen LogP contribution in [0.1, 0.15) is 29.2 Å². The van der Waals surface area contributed by atoms with Crippen molar-refractivity contribution in [3.8, 4) is 5.75 Å². The Balaban J connectivity index is 1.85. The number of nitrogens with one attached hydrogen (secondary N) is 1. The molecule has 0 saturated carbocycles. The van der Waals surface area contributed by atoms with Gasteiger partial charge >= 0.3 is 0 Å². The molecular weight excluding hydrogens is 574 g/mol. The molecule has 0 heterocycles. The summed E-state index contributed by atoms with van der Waals surface area (Å²) in [5.41, 5.74) is 3.71. The number of carbonyl (C=O) groups excluding carboxylic acids is 2. The minimum Gasteiger partial charge on any atom is -0.495 e. The Labute approximate surface area is 260 Å². The fourth-order valence-electron chi connectivity index (χ4n) is 5.04. The van der Waals surface area contributed by atoms with Gasteiger partial charge in [-0.3, -0.25) is 13.9 Å². The van der Waals surface area contributed by atoms with Crippen molar-refractivity contribution in [2.45, 2.75) is 44.7 Å². The minimum atomic E-state index is -4.22. The van der Waals surface area contributed by atoms with Crippen molar-refractivity contribution in [1.29, 1.82) is 0 Å². The number of amides is 2. The van der Waals surface area contributed by atoms with Crippen LogP contribution in [0.15, 0.2) is 108 Å². The first kappa shape index (κ1) is 32.3. The lowest BCUT2D eigenvalue weighted by atomic mass is 10.0. The van der Waals surface area contributed by atoms with Crippen molar-refractivity contribution in [2.24, 2.45) is 0 Å². The van der Waals surface area contributed by atoms with E-state index in [2.05, 4.69) is 5.32 Å². The molecule has 44 heavy (non-hydrogen) atoms. The number of rotatable bonds is 13. The van der Waals surface area contributed by atoms with E-state index in [1.165, 1.54) is 24.1 Å². The Kier molecular flexibility index (Phi) is 10.8. The summed E-state index contributed by atoms with van der Waals surface area (Å²) in [5.74, 6) is -0.537. The third-order valence-electron chi connectivity index (χ3n) is 7.44. The summed E-state index contributed by atoms with van der Waals surface area (Å²) >= 11 is 0. The molecule has 2 amide bonds. The highest BCUT2D eigenvalue weighted by atomic mass is 32.2. The van der Waals surface area contributed by atoms with Gasteiger partial charge in [-0.1, -0.05) is 78.9 Å². The molecular formula is C35H39N3O5S. The second-order valence-corrected chi connectivity index (χ2v) is 12.4. The number of carbonyl (C=O) groups is 2. The maximum Gasteiger partial charge on any atom is 0.264 e. The number of methoxy groups -OCH3 is 1. The quantitative estimate of drug-likeness (QED) is 0.221. The Morgan fingerprint density at radius 1 is 0.864 bits per heavy atom. The number of aryl methyl sites for hydroxylation is 2. The first-order valence-corrected chi connectivity index (χ1v) is 16.0. The number of hydrogen-bond donors (Lipinski definition) is 1. The van der Waals surface area contributed by atoms with Crippen molar-refractivity contribution in [3.63, 3.8) is 0 Å². The van der Waals surface area contributed by atoms with Gasteiger partial charge in [0, 0.05) is 19.5 Å². The van der Waals surface area contributed by atoms with Crippen LogP contribution < -0.4 is 14.4 Å². The summed E-state index contributed by atoms with van der Waals surface area (Å²) in [7, 11) is -2.77. The lowest BCUT2D eigenvalue weighted by molar-refractivity contribution is -0.140. The van der Waals surface area contributed by atoms with Crippen molar-refractivity contribution < 1.29 is 22.7 Å². The molecule has 0 aliphatic carbocycles. The third kappa shape index (κ3) is 7.65. The maximum atomic E-state index is 14.5. The molecule has 1 N–H and O–H groups in total. The number of hydrogen-bond acceptors (Lipinski definition) is 5. The monoisotopic (exact) mass is 613 g/mol. The first-order valence-electron chi connectivity index (χ1n) is 14.5. The largest absolute Gasteiger partial charge is 0.495 e. The van der Waals surface area contributed by atoms with Gasteiger partial charge in [-0.2, -0.15) is 0 Å². The molecule has 4 rings (SSSR count). The molecule has 4 aromatic rings. The highest BCUT2D eigenvalue weighted by Crippen LogP contribution is 2.34. The second kappa shape index (κ2) is 14.7. The zero-order chi connectivity index (χ0) is 31.7. The summed E-state index contributed by atoms with van der Waals surface area (Å²) in [6.07, 6.45) is 0.253. The zero-order valence-corrected chi connectivity index (χ0v) is 26.4. The van der Waals surface area contributed by atoms with E-state index in [1.807, 2.05) is 81.4 Å². The third-order valence-corrected chi connectivity index (χ3v) is 9.21. The summed E-state index contributed by atoms with van der Waals surface area (Å²) in [6.45, 7) is 5.56. The van der Waals surface area contributed by atoms with Crippen molar-refractivity contribution in [2.75, 3.05) is 24.5 Å². The van der Waals surface area contributed by atoms with Gasteiger partial charge in [0.2, 0.25) is 11.8 Å². The van der Waals surface area contributed by atoms with Crippen molar-refractivity contribution in [3.05, 3.63) is 125 Å². The van der Waals surface area contributed by atoms with Gasteiger partial charge in [0.1, 0.15) is 18.3 Å². The van der Waals surface area contributed by atoms with Crippen LogP contribution in [0.2, 0.25) is 0 Å². The summed E-state index contributed by atoms with van der Waals surface area (Å²) in [5, 5.41) is 2.88. The number of sulfonamides is 1. The predicted octanol–water partition coefficient (Wildman–Crippen LogP) is 5.28. The van der Waals surface area contributed by atoms with Crippen LogP contribution >= 0.6 is 0 Å². The number of likely N-dealkylation sites (N-methyl/N-ethyl adjacent to an activating group) is 1. The highest BCUT2D eigenvalue weighted by molar-refractivity contribution is 7.92. The standard InChI is InChI=1S/C35H39N3O5S/c1-5-36-35(40)32(23-28-15-8-6-9-16-28)37(24-29-17-13-12-14-27(29)3)34(39)25-38(31-22-26(2)20-21-33(31)43-4)44(41,42)30-18-10-7-11-19-30/h6-22,32H,5,23-25H2,1-4H3,(H,36,40). The topological polar surface area (TPSA) is 96.0 Å². The molecule has 4 aromatic carbocycles. The average molecular weight is 614 g/mol. The molecule has 0 radical (unpaired) electrons. The fourth-order valence-corrected chi connectivity index (χ4v) is 6.48. The van der Waals surface area contributed by atoms with Crippen LogP contribution in [0, 0.1) is 13.8 Å². The van der Waals surface area contributed by atoms with Crippen LogP contribution in [0.25, 0.3) is 0 Å². The first-order chi connectivity index (χ1) is 21.1. The number of anilines is 1. The molecule has 0 aromatic heterocycles. The molecule has 0 aliphatic heterocycles. The molecule has 0 aliphatic rings. The predicted molar refractivity (Wildman–Crippen MR) is 173 cm³/mol. The van der Waals surface area contributed by atoms with Gasteiger partial charge < -0.3 is 15.0 Å².